The summed E-state index contributed by atoms with van der Waals surface area (Å²) in [6.45, 7) is 4.74. The quantitative estimate of drug-likeness (QED) is 0.157. The Morgan fingerprint density at radius 3 is 1.64 bits per heavy atom. The second-order valence-corrected chi connectivity index (χ2v) is 16.7. The molecule has 0 fully saturated rings. The van der Waals surface area contributed by atoms with E-state index in [0.29, 0.717) is 0 Å². The molecule has 0 saturated carbocycles. The highest BCUT2D eigenvalue weighted by molar-refractivity contribution is 5.97. The summed E-state index contributed by atoms with van der Waals surface area (Å²) in [6, 6.07) is 74.3. The van der Waals surface area contributed by atoms with E-state index in [-0.39, 0.29) is 10.8 Å². The van der Waals surface area contributed by atoms with Crippen LogP contribution in [0.2, 0.25) is 0 Å². The van der Waals surface area contributed by atoms with Gasteiger partial charge in [0.05, 0.1) is 11.1 Å². The molecular weight excluding hydrogens is 711 g/mol. The minimum atomic E-state index is -0.365. The van der Waals surface area contributed by atoms with Crippen LogP contribution >= 0.6 is 0 Å². The van der Waals surface area contributed by atoms with E-state index >= 15 is 0 Å². The van der Waals surface area contributed by atoms with Gasteiger partial charge in [-0.3, -0.25) is 0 Å². The Labute approximate surface area is 348 Å². The Kier molecular flexibility index (Phi) is 8.27. The van der Waals surface area contributed by atoms with Gasteiger partial charge in [-0.1, -0.05) is 196 Å². The van der Waals surface area contributed by atoms with Crippen molar-refractivity contribution in [3.8, 4) is 33.4 Å². The molecule has 0 heterocycles. The third kappa shape index (κ3) is 5.45. The van der Waals surface area contributed by atoms with Gasteiger partial charge in [0, 0.05) is 22.4 Å². The van der Waals surface area contributed by atoms with Crippen LogP contribution in [0.5, 0.6) is 0 Å². The van der Waals surface area contributed by atoms with Crippen LogP contribution < -0.4 is 4.90 Å². The smallest absolute Gasteiger partial charge is 0.0676 e. The maximum Gasteiger partial charge on any atom is 0.0676 e. The fraction of sp³-hybridized carbons (Fsp3) is 0.103. The first-order chi connectivity index (χ1) is 29.0. The Balaban J connectivity index is 1.10. The lowest BCUT2D eigenvalue weighted by atomic mass is 9.65. The van der Waals surface area contributed by atoms with Gasteiger partial charge in [0.25, 0.3) is 0 Å². The van der Waals surface area contributed by atoms with Crippen LogP contribution in [0.15, 0.2) is 218 Å². The summed E-state index contributed by atoms with van der Waals surface area (Å²) >= 11 is 0. The van der Waals surface area contributed by atoms with E-state index in [1.807, 2.05) is 0 Å². The first-order valence-electron chi connectivity index (χ1n) is 21.0. The van der Waals surface area contributed by atoms with Crippen molar-refractivity contribution in [3.63, 3.8) is 0 Å². The van der Waals surface area contributed by atoms with E-state index in [1.165, 1.54) is 83.6 Å². The topological polar surface area (TPSA) is 3.24 Å². The van der Waals surface area contributed by atoms with Crippen molar-refractivity contribution in [2.24, 2.45) is 0 Å². The minimum Gasteiger partial charge on any atom is -0.310 e. The number of rotatable bonds is 7. The molecule has 8 aromatic rings. The molecule has 0 spiro atoms. The molecule has 0 amide bonds. The molecule has 0 saturated heterocycles. The van der Waals surface area contributed by atoms with Gasteiger partial charge in [0.2, 0.25) is 0 Å². The van der Waals surface area contributed by atoms with Gasteiger partial charge < -0.3 is 4.90 Å². The van der Waals surface area contributed by atoms with Crippen LogP contribution in [0.4, 0.5) is 17.1 Å². The fourth-order valence-electron chi connectivity index (χ4n) is 10.5. The first kappa shape index (κ1) is 35.2. The molecule has 3 aliphatic carbocycles. The molecule has 8 aromatic carbocycles. The Morgan fingerprint density at radius 2 is 0.983 bits per heavy atom. The lowest BCUT2D eigenvalue weighted by Gasteiger charge is -2.36. The normalized spacial score (nSPS) is 15.3. The first-order valence-corrected chi connectivity index (χ1v) is 21.0. The Morgan fingerprint density at radius 1 is 0.441 bits per heavy atom. The molecule has 11 rings (SSSR count). The zero-order valence-corrected chi connectivity index (χ0v) is 33.6. The number of hydrogen-bond acceptors (Lipinski definition) is 1. The van der Waals surface area contributed by atoms with Crippen LogP contribution in [-0.4, -0.2) is 0 Å². The van der Waals surface area contributed by atoms with E-state index in [0.717, 1.165) is 24.2 Å². The summed E-state index contributed by atoms with van der Waals surface area (Å²) in [4.78, 5) is 2.51. The Bertz CT molecular complexity index is 2880. The molecule has 282 valence electrons. The van der Waals surface area contributed by atoms with Crippen molar-refractivity contribution in [1.29, 1.82) is 0 Å². The predicted molar refractivity (Wildman–Crippen MR) is 248 cm³/mol. The van der Waals surface area contributed by atoms with Crippen molar-refractivity contribution >= 4 is 22.6 Å². The van der Waals surface area contributed by atoms with E-state index in [2.05, 4.69) is 231 Å². The van der Waals surface area contributed by atoms with E-state index in [9.17, 15) is 0 Å². The van der Waals surface area contributed by atoms with Crippen molar-refractivity contribution in [2.45, 2.75) is 37.5 Å². The molecule has 0 atom stereocenters. The molecule has 0 aliphatic heterocycles. The van der Waals surface area contributed by atoms with Crippen molar-refractivity contribution in [1.82, 2.24) is 0 Å². The molecule has 0 radical (unpaired) electrons. The number of nitrogens with zero attached hydrogens (tertiary/aromatic N) is 1. The zero-order valence-electron chi connectivity index (χ0n) is 33.6. The number of hydrogen-bond donors (Lipinski definition) is 0. The summed E-state index contributed by atoms with van der Waals surface area (Å²) in [5.41, 5.74) is 21.4. The summed E-state index contributed by atoms with van der Waals surface area (Å²) < 4.78 is 0. The van der Waals surface area contributed by atoms with Gasteiger partial charge in [-0.2, -0.15) is 0 Å². The lowest BCUT2D eigenvalue weighted by Crippen LogP contribution is -2.30. The fourth-order valence-corrected chi connectivity index (χ4v) is 10.5. The SMILES string of the molecule is CC1(C)c2ccccc2-c2c(N(c3ccc(-c4ccc(-c5ccccc5)cc4)cc3)c3ccc4c(c3)C3=C(CCC=C3)C4(c3ccccc3)c3ccccc3)cccc21. The molecule has 1 heteroatoms. The van der Waals surface area contributed by atoms with Crippen LogP contribution in [0.25, 0.3) is 39.0 Å². The summed E-state index contributed by atoms with van der Waals surface area (Å²) in [5, 5.41) is 0. The highest BCUT2D eigenvalue weighted by atomic mass is 15.1. The van der Waals surface area contributed by atoms with Gasteiger partial charge in [0.15, 0.2) is 0 Å². The van der Waals surface area contributed by atoms with E-state index < -0.39 is 0 Å². The molecule has 59 heavy (non-hydrogen) atoms. The monoisotopic (exact) mass is 755 g/mol. The molecular formula is C58H45N. The molecule has 3 aliphatic rings. The number of fused-ring (bicyclic) bond motifs is 5. The minimum absolute atomic E-state index is 0.112. The molecule has 0 bridgehead atoms. The molecule has 0 unspecified atom stereocenters. The van der Waals surface area contributed by atoms with Gasteiger partial charge >= 0.3 is 0 Å². The van der Waals surface area contributed by atoms with Gasteiger partial charge in [0.1, 0.15) is 0 Å². The molecule has 1 nitrogen and oxygen atoms in total. The molecule has 0 N–H and O–H groups in total. The Hall–Kier alpha value is -6.96. The molecule has 0 aromatic heterocycles. The van der Waals surface area contributed by atoms with Crippen LogP contribution in [-0.2, 0) is 10.8 Å². The second kappa shape index (κ2) is 13.9. The summed E-state index contributed by atoms with van der Waals surface area (Å²) in [7, 11) is 0. The average molecular weight is 756 g/mol. The second-order valence-electron chi connectivity index (χ2n) is 16.7. The van der Waals surface area contributed by atoms with Crippen molar-refractivity contribution in [3.05, 3.63) is 251 Å². The zero-order chi connectivity index (χ0) is 39.6. The van der Waals surface area contributed by atoms with Crippen molar-refractivity contribution < 1.29 is 0 Å². The maximum absolute atomic E-state index is 2.51. The third-order valence-corrected chi connectivity index (χ3v) is 13.3. The highest BCUT2D eigenvalue weighted by Crippen LogP contribution is 2.59. The number of anilines is 3. The van der Waals surface area contributed by atoms with E-state index in [1.54, 1.807) is 0 Å². The largest absolute Gasteiger partial charge is 0.310 e. The maximum atomic E-state index is 2.51. The third-order valence-electron chi connectivity index (χ3n) is 13.3. The lowest BCUT2D eigenvalue weighted by molar-refractivity contribution is 0.660. The van der Waals surface area contributed by atoms with Crippen LogP contribution in [0, 0.1) is 0 Å². The predicted octanol–water partition coefficient (Wildman–Crippen LogP) is 15.2. The highest BCUT2D eigenvalue weighted by Gasteiger charge is 2.47. The standard InChI is InChI=1S/C58H45N/c1-57(2)51-25-14-13-24-49(51)56-54(57)27-16-28-55(56)59(46-35-33-43(34-36-46)42-31-29-41(30-32-42)40-17-6-3-7-18-40)47-37-38-53-50(39-47)48-23-12-15-26-52(48)58(53,44-19-8-4-9-20-44)45-21-10-5-11-22-45/h3-14,16-25,27-39H,15,26H2,1-2H3. The van der Waals surface area contributed by atoms with E-state index in [4.69, 9.17) is 0 Å². The van der Waals surface area contributed by atoms with Crippen LogP contribution in [0.1, 0.15) is 60.1 Å². The van der Waals surface area contributed by atoms with Gasteiger partial charge in [-0.25, -0.2) is 0 Å². The summed E-state index contributed by atoms with van der Waals surface area (Å²) in [5.74, 6) is 0. The van der Waals surface area contributed by atoms with Crippen LogP contribution in [0.3, 0.4) is 0 Å². The number of allylic oxidation sites excluding steroid dienone is 4. The number of benzene rings is 8. The summed E-state index contributed by atoms with van der Waals surface area (Å²) in [6.07, 6.45) is 6.83. The van der Waals surface area contributed by atoms with Gasteiger partial charge in [-0.15, -0.1) is 0 Å². The van der Waals surface area contributed by atoms with Crippen molar-refractivity contribution in [2.75, 3.05) is 4.90 Å². The average Bonchev–Trinajstić information content (AvgIpc) is 3.73. The van der Waals surface area contributed by atoms with Gasteiger partial charge in [-0.05, 0) is 116 Å².